The van der Waals surface area contributed by atoms with E-state index in [1.807, 2.05) is 0 Å². The number of nitrogens with zero attached hydrogens (tertiary/aromatic N) is 1. The summed E-state index contributed by atoms with van der Waals surface area (Å²) in [5, 5.41) is 3.38. The number of nitrogens with one attached hydrogen (secondary N) is 1. The number of aromatic nitrogens is 1. The minimum atomic E-state index is -0.237. The molecule has 1 aliphatic carbocycles. The van der Waals surface area contributed by atoms with E-state index in [4.69, 9.17) is 9.72 Å². The van der Waals surface area contributed by atoms with Crippen LogP contribution in [-0.2, 0) is 19.3 Å². The molecule has 2 aromatic rings. The number of hydrogen-bond acceptors (Lipinski definition) is 3. The smallest absolute Gasteiger partial charge is 0.123 e. The number of pyridine rings is 1. The number of halogens is 1. The number of hydrogen-bond donors (Lipinski definition) is 1. The summed E-state index contributed by atoms with van der Waals surface area (Å²) in [6.07, 6.45) is 8.29. The molecule has 0 saturated carbocycles. The molecular formula is C21H27FN2O. The Morgan fingerprint density at radius 2 is 1.80 bits per heavy atom. The van der Waals surface area contributed by atoms with E-state index < -0.39 is 0 Å². The lowest BCUT2D eigenvalue weighted by atomic mass is 9.95. The number of aryl methyl sites for hydroxylation is 3. The van der Waals surface area contributed by atoms with Gasteiger partial charge in [0.15, 0.2) is 0 Å². The van der Waals surface area contributed by atoms with Crippen molar-refractivity contribution in [2.24, 2.45) is 0 Å². The van der Waals surface area contributed by atoms with Crippen LogP contribution >= 0.6 is 0 Å². The fraction of sp³-hybridized carbons (Fsp3) is 0.476. The summed E-state index contributed by atoms with van der Waals surface area (Å²) in [4.78, 5) is 4.83. The van der Waals surface area contributed by atoms with E-state index in [9.17, 15) is 4.39 Å². The normalized spacial score (nSPS) is 13.5. The van der Waals surface area contributed by atoms with Crippen molar-refractivity contribution in [3.05, 3.63) is 59.2 Å². The summed E-state index contributed by atoms with van der Waals surface area (Å²) in [7, 11) is 0. The molecule has 0 radical (unpaired) electrons. The number of rotatable bonds is 9. The predicted octanol–water partition coefficient (Wildman–Crippen LogP) is 4.09. The fourth-order valence-electron chi connectivity index (χ4n) is 3.22. The predicted molar refractivity (Wildman–Crippen MR) is 98.6 cm³/mol. The molecule has 1 N–H and O–H groups in total. The van der Waals surface area contributed by atoms with E-state index in [1.165, 1.54) is 48.3 Å². The standard InChI is InChI=1S/C21H27FN2O/c22-18-9-12-20(13-10-18)25-16-15-23-14-4-3-6-19-11-8-17-5-1-2-7-21(17)24-19/h8-13,23H,1-7,14-16H2. The average molecular weight is 342 g/mol. The third kappa shape index (κ3) is 5.82. The maximum atomic E-state index is 12.8. The van der Waals surface area contributed by atoms with E-state index >= 15 is 0 Å². The summed E-state index contributed by atoms with van der Waals surface area (Å²) < 4.78 is 18.3. The Balaban J connectivity index is 1.25. The number of benzene rings is 1. The van der Waals surface area contributed by atoms with Crippen molar-refractivity contribution < 1.29 is 9.13 Å². The molecule has 1 aromatic heterocycles. The maximum absolute atomic E-state index is 12.8. The molecule has 1 aromatic carbocycles. The molecule has 0 amide bonds. The third-order valence-corrected chi connectivity index (χ3v) is 4.63. The Hall–Kier alpha value is -1.94. The van der Waals surface area contributed by atoms with Crippen LogP contribution in [0.2, 0.25) is 0 Å². The van der Waals surface area contributed by atoms with E-state index in [-0.39, 0.29) is 5.82 Å². The van der Waals surface area contributed by atoms with Crippen molar-refractivity contribution in [1.29, 1.82) is 0 Å². The van der Waals surface area contributed by atoms with Crippen molar-refractivity contribution in [3.8, 4) is 5.75 Å². The molecule has 25 heavy (non-hydrogen) atoms. The van der Waals surface area contributed by atoms with Gasteiger partial charge in [-0.3, -0.25) is 4.98 Å². The number of ether oxygens (including phenoxy) is 1. The SMILES string of the molecule is Fc1ccc(OCCNCCCCc2ccc3c(n2)CCCC3)cc1. The van der Waals surface area contributed by atoms with E-state index in [1.54, 1.807) is 12.1 Å². The lowest BCUT2D eigenvalue weighted by Gasteiger charge is -2.15. The van der Waals surface area contributed by atoms with Gasteiger partial charge in [0, 0.05) is 17.9 Å². The highest BCUT2D eigenvalue weighted by atomic mass is 19.1. The second kappa shape index (κ2) is 9.52. The molecular weight excluding hydrogens is 315 g/mol. The second-order valence-corrected chi connectivity index (χ2v) is 6.63. The lowest BCUT2D eigenvalue weighted by molar-refractivity contribution is 0.313. The van der Waals surface area contributed by atoms with Gasteiger partial charge in [-0.05, 0) is 87.4 Å². The van der Waals surface area contributed by atoms with Gasteiger partial charge in [0.2, 0.25) is 0 Å². The average Bonchev–Trinajstić information content (AvgIpc) is 2.65. The zero-order valence-electron chi connectivity index (χ0n) is 14.8. The molecule has 0 unspecified atom stereocenters. The second-order valence-electron chi connectivity index (χ2n) is 6.63. The summed E-state index contributed by atoms with van der Waals surface area (Å²) in [6.45, 7) is 2.38. The van der Waals surface area contributed by atoms with Crippen molar-refractivity contribution in [1.82, 2.24) is 10.3 Å². The molecule has 4 heteroatoms. The Bertz CT molecular complexity index is 657. The highest BCUT2D eigenvalue weighted by Crippen LogP contribution is 2.20. The van der Waals surface area contributed by atoms with Crippen molar-refractivity contribution in [2.45, 2.75) is 44.9 Å². The van der Waals surface area contributed by atoms with Crippen molar-refractivity contribution in [3.63, 3.8) is 0 Å². The first-order chi connectivity index (χ1) is 12.3. The fourth-order valence-corrected chi connectivity index (χ4v) is 3.22. The Morgan fingerprint density at radius 1 is 0.960 bits per heavy atom. The summed E-state index contributed by atoms with van der Waals surface area (Å²) in [5.74, 6) is 0.473. The van der Waals surface area contributed by atoms with Gasteiger partial charge in [0.1, 0.15) is 18.2 Å². The third-order valence-electron chi connectivity index (χ3n) is 4.63. The summed E-state index contributed by atoms with van der Waals surface area (Å²) >= 11 is 0. The highest BCUT2D eigenvalue weighted by Gasteiger charge is 2.10. The van der Waals surface area contributed by atoms with E-state index in [2.05, 4.69) is 17.4 Å². The van der Waals surface area contributed by atoms with Crippen LogP contribution in [0.3, 0.4) is 0 Å². The molecule has 134 valence electrons. The van der Waals surface area contributed by atoms with Crippen LogP contribution in [-0.4, -0.2) is 24.7 Å². The van der Waals surface area contributed by atoms with E-state index in [0.29, 0.717) is 12.4 Å². The molecule has 0 saturated heterocycles. The largest absolute Gasteiger partial charge is 0.492 e. The Kier molecular flexibility index (Phi) is 6.80. The molecule has 1 heterocycles. The van der Waals surface area contributed by atoms with Crippen LogP contribution in [0.5, 0.6) is 5.75 Å². The molecule has 0 aliphatic heterocycles. The first kappa shape index (κ1) is 17.9. The lowest BCUT2D eigenvalue weighted by Crippen LogP contribution is -2.22. The van der Waals surface area contributed by atoms with Crippen LogP contribution in [0.1, 0.15) is 42.6 Å². The maximum Gasteiger partial charge on any atom is 0.123 e. The van der Waals surface area contributed by atoms with Crippen LogP contribution in [0.4, 0.5) is 4.39 Å². The molecule has 0 spiro atoms. The van der Waals surface area contributed by atoms with Crippen LogP contribution in [0.15, 0.2) is 36.4 Å². The van der Waals surface area contributed by atoms with Gasteiger partial charge >= 0.3 is 0 Å². The quantitative estimate of drug-likeness (QED) is 0.697. The van der Waals surface area contributed by atoms with Crippen LogP contribution in [0, 0.1) is 5.82 Å². The van der Waals surface area contributed by atoms with Gasteiger partial charge in [0.25, 0.3) is 0 Å². The van der Waals surface area contributed by atoms with Crippen LogP contribution in [0.25, 0.3) is 0 Å². The Labute approximate surface area is 149 Å². The summed E-state index contributed by atoms with van der Waals surface area (Å²) in [5.41, 5.74) is 4.03. The van der Waals surface area contributed by atoms with Gasteiger partial charge in [0.05, 0.1) is 0 Å². The zero-order chi connectivity index (χ0) is 17.3. The van der Waals surface area contributed by atoms with Gasteiger partial charge in [-0.1, -0.05) is 6.07 Å². The molecule has 3 nitrogen and oxygen atoms in total. The van der Waals surface area contributed by atoms with Gasteiger partial charge in [-0.15, -0.1) is 0 Å². The van der Waals surface area contributed by atoms with E-state index in [0.717, 1.165) is 38.8 Å². The van der Waals surface area contributed by atoms with Crippen LogP contribution < -0.4 is 10.1 Å². The topological polar surface area (TPSA) is 34.1 Å². The number of unbranched alkanes of at least 4 members (excludes halogenated alkanes) is 1. The molecule has 0 fully saturated rings. The molecule has 1 aliphatic rings. The molecule has 3 rings (SSSR count). The minimum absolute atomic E-state index is 0.237. The van der Waals surface area contributed by atoms with Crippen molar-refractivity contribution >= 4 is 0 Å². The first-order valence-electron chi connectivity index (χ1n) is 9.38. The van der Waals surface area contributed by atoms with Gasteiger partial charge in [-0.2, -0.15) is 0 Å². The zero-order valence-corrected chi connectivity index (χ0v) is 14.8. The first-order valence-corrected chi connectivity index (χ1v) is 9.38. The highest BCUT2D eigenvalue weighted by molar-refractivity contribution is 5.25. The minimum Gasteiger partial charge on any atom is -0.492 e. The molecule has 0 bridgehead atoms. The van der Waals surface area contributed by atoms with Gasteiger partial charge < -0.3 is 10.1 Å². The monoisotopic (exact) mass is 342 g/mol. The molecule has 0 atom stereocenters. The van der Waals surface area contributed by atoms with Crippen molar-refractivity contribution in [2.75, 3.05) is 19.7 Å². The number of fused-ring (bicyclic) bond motifs is 1. The summed E-state index contributed by atoms with van der Waals surface area (Å²) in [6, 6.07) is 10.6. The van der Waals surface area contributed by atoms with Gasteiger partial charge in [-0.25, -0.2) is 4.39 Å². The Morgan fingerprint density at radius 3 is 2.68 bits per heavy atom.